The summed E-state index contributed by atoms with van der Waals surface area (Å²) in [5, 5.41) is 7.10. The molecule has 0 aliphatic carbocycles. The maximum Gasteiger partial charge on any atom is 0.271 e. The molecule has 6 heteroatoms. The molecule has 0 bridgehead atoms. The van der Waals surface area contributed by atoms with Gasteiger partial charge in [0.15, 0.2) is 6.73 Å². The van der Waals surface area contributed by atoms with E-state index >= 15 is 0 Å². The average molecular weight is 315 g/mol. The van der Waals surface area contributed by atoms with Crippen LogP contribution in [0.15, 0.2) is 36.5 Å². The molecule has 1 aromatic heterocycles. The van der Waals surface area contributed by atoms with Crippen molar-refractivity contribution in [1.82, 2.24) is 15.1 Å². The number of hydrogen-bond acceptors (Lipinski definition) is 4. The van der Waals surface area contributed by atoms with Crippen LogP contribution in [0, 0.1) is 6.92 Å². The highest BCUT2D eigenvalue weighted by atomic mass is 16.5. The molecule has 1 fully saturated rings. The molecular formula is C17H21N3O3. The van der Waals surface area contributed by atoms with Crippen molar-refractivity contribution in [2.75, 3.05) is 13.2 Å². The van der Waals surface area contributed by atoms with Crippen LogP contribution >= 0.6 is 0 Å². The summed E-state index contributed by atoms with van der Waals surface area (Å²) in [7, 11) is 0. The summed E-state index contributed by atoms with van der Waals surface area (Å²) in [4.78, 5) is 12.1. The van der Waals surface area contributed by atoms with Crippen LogP contribution in [0.1, 0.15) is 28.9 Å². The largest absolute Gasteiger partial charge is 0.471 e. The van der Waals surface area contributed by atoms with E-state index in [0.29, 0.717) is 12.2 Å². The SMILES string of the molecule is Cc1ccccc1OCn1ccc(C(=O)NC[C@H]2CCCO2)n1. The topological polar surface area (TPSA) is 65.4 Å². The van der Waals surface area contributed by atoms with E-state index in [2.05, 4.69) is 10.4 Å². The number of nitrogens with one attached hydrogen (secondary N) is 1. The van der Waals surface area contributed by atoms with Crippen molar-refractivity contribution < 1.29 is 14.3 Å². The van der Waals surface area contributed by atoms with Crippen molar-refractivity contribution in [3.8, 4) is 5.75 Å². The van der Waals surface area contributed by atoms with Gasteiger partial charge in [0, 0.05) is 19.3 Å². The second-order valence-corrected chi connectivity index (χ2v) is 5.62. The highest BCUT2D eigenvalue weighted by Crippen LogP contribution is 2.16. The predicted molar refractivity (Wildman–Crippen MR) is 85.3 cm³/mol. The minimum absolute atomic E-state index is 0.130. The molecule has 3 rings (SSSR count). The fourth-order valence-electron chi connectivity index (χ4n) is 2.51. The van der Waals surface area contributed by atoms with Crippen molar-refractivity contribution in [2.24, 2.45) is 0 Å². The van der Waals surface area contributed by atoms with Gasteiger partial charge in [-0.25, -0.2) is 4.68 Å². The van der Waals surface area contributed by atoms with Crippen LogP contribution in [-0.4, -0.2) is 34.9 Å². The van der Waals surface area contributed by atoms with E-state index in [1.807, 2.05) is 31.2 Å². The molecule has 1 atom stereocenters. The molecule has 2 heterocycles. The molecule has 122 valence electrons. The number of hydrogen-bond donors (Lipinski definition) is 1. The van der Waals surface area contributed by atoms with Gasteiger partial charge in [0.1, 0.15) is 11.4 Å². The molecule has 0 saturated carbocycles. The van der Waals surface area contributed by atoms with Crippen molar-refractivity contribution in [2.45, 2.75) is 32.6 Å². The lowest BCUT2D eigenvalue weighted by atomic mass is 10.2. The van der Waals surface area contributed by atoms with Gasteiger partial charge >= 0.3 is 0 Å². The minimum atomic E-state index is -0.185. The van der Waals surface area contributed by atoms with E-state index in [4.69, 9.17) is 9.47 Å². The fraction of sp³-hybridized carbons (Fsp3) is 0.412. The summed E-state index contributed by atoms with van der Waals surface area (Å²) < 4.78 is 12.8. The summed E-state index contributed by atoms with van der Waals surface area (Å²) in [5.74, 6) is 0.627. The Kier molecular flexibility index (Phi) is 4.92. The number of ether oxygens (including phenoxy) is 2. The van der Waals surface area contributed by atoms with Gasteiger partial charge in [0.2, 0.25) is 0 Å². The maximum atomic E-state index is 12.1. The third kappa shape index (κ3) is 4.10. The number of carbonyl (C=O) groups excluding carboxylic acids is 1. The standard InChI is InChI=1S/C17H21N3O3/c1-13-5-2-3-7-16(13)23-12-20-9-8-15(19-20)17(21)18-11-14-6-4-10-22-14/h2-3,5,7-9,14H,4,6,10-12H2,1H3,(H,18,21)/t14-/m1/s1. The maximum absolute atomic E-state index is 12.1. The zero-order valence-electron chi connectivity index (χ0n) is 13.2. The molecule has 1 N–H and O–H groups in total. The van der Waals surface area contributed by atoms with Crippen molar-refractivity contribution in [1.29, 1.82) is 0 Å². The third-order valence-electron chi connectivity index (χ3n) is 3.83. The first-order valence-electron chi connectivity index (χ1n) is 7.84. The highest BCUT2D eigenvalue weighted by molar-refractivity contribution is 5.92. The number of nitrogens with zero attached hydrogens (tertiary/aromatic N) is 2. The van der Waals surface area contributed by atoms with E-state index in [1.54, 1.807) is 16.9 Å². The van der Waals surface area contributed by atoms with Crippen LogP contribution in [0.5, 0.6) is 5.75 Å². The number of aromatic nitrogens is 2. The van der Waals surface area contributed by atoms with Crippen molar-refractivity contribution in [3.05, 3.63) is 47.8 Å². The number of rotatable bonds is 6. The molecular weight excluding hydrogens is 294 g/mol. The van der Waals surface area contributed by atoms with E-state index in [0.717, 1.165) is 30.8 Å². The van der Waals surface area contributed by atoms with Gasteiger partial charge < -0.3 is 14.8 Å². The lowest BCUT2D eigenvalue weighted by Crippen LogP contribution is -2.32. The van der Waals surface area contributed by atoms with Crippen molar-refractivity contribution in [3.63, 3.8) is 0 Å². The summed E-state index contributed by atoms with van der Waals surface area (Å²) >= 11 is 0. The molecule has 2 aromatic rings. The Hall–Kier alpha value is -2.34. The Bertz CT molecular complexity index is 663. The zero-order chi connectivity index (χ0) is 16.1. The number of carbonyl (C=O) groups is 1. The Morgan fingerprint density at radius 3 is 3.09 bits per heavy atom. The van der Waals surface area contributed by atoms with Gasteiger partial charge in [-0.05, 0) is 37.5 Å². The van der Waals surface area contributed by atoms with Gasteiger partial charge in [-0.3, -0.25) is 4.79 Å². The molecule has 1 amide bonds. The van der Waals surface area contributed by atoms with Crippen LogP contribution in [-0.2, 0) is 11.5 Å². The number of aryl methyl sites for hydroxylation is 1. The average Bonchev–Trinajstić information content (AvgIpc) is 3.23. The Morgan fingerprint density at radius 2 is 2.30 bits per heavy atom. The number of amides is 1. The number of para-hydroxylation sites is 1. The van der Waals surface area contributed by atoms with E-state index < -0.39 is 0 Å². The van der Waals surface area contributed by atoms with E-state index in [-0.39, 0.29) is 18.7 Å². The van der Waals surface area contributed by atoms with Gasteiger partial charge in [0.05, 0.1) is 6.10 Å². The molecule has 1 aliphatic heterocycles. The first kappa shape index (κ1) is 15.6. The van der Waals surface area contributed by atoms with Crippen molar-refractivity contribution >= 4 is 5.91 Å². The van der Waals surface area contributed by atoms with Crippen LogP contribution in [0.3, 0.4) is 0 Å². The molecule has 0 spiro atoms. The molecule has 0 unspecified atom stereocenters. The monoisotopic (exact) mass is 315 g/mol. The van der Waals surface area contributed by atoms with Crippen LogP contribution in [0.25, 0.3) is 0 Å². The molecule has 1 aromatic carbocycles. The lowest BCUT2D eigenvalue weighted by Gasteiger charge is -2.10. The second kappa shape index (κ2) is 7.28. The Morgan fingerprint density at radius 1 is 1.43 bits per heavy atom. The van der Waals surface area contributed by atoms with Gasteiger partial charge in [-0.15, -0.1) is 0 Å². The zero-order valence-corrected chi connectivity index (χ0v) is 13.2. The van der Waals surface area contributed by atoms with E-state index in [9.17, 15) is 4.79 Å². The first-order valence-corrected chi connectivity index (χ1v) is 7.84. The Labute approximate surface area is 135 Å². The molecule has 1 saturated heterocycles. The summed E-state index contributed by atoms with van der Waals surface area (Å²) in [6, 6.07) is 9.48. The molecule has 1 aliphatic rings. The second-order valence-electron chi connectivity index (χ2n) is 5.62. The fourth-order valence-corrected chi connectivity index (χ4v) is 2.51. The van der Waals surface area contributed by atoms with Gasteiger partial charge in [-0.1, -0.05) is 18.2 Å². The Balaban J connectivity index is 1.51. The summed E-state index contributed by atoms with van der Waals surface area (Å²) in [6.45, 7) is 3.57. The van der Waals surface area contributed by atoms with Gasteiger partial charge in [0.25, 0.3) is 5.91 Å². The quantitative estimate of drug-likeness (QED) is 0.887. The van der Waals surface area contributed by atoms with Gasteiger partial charge in [-0.2, -0.15) is 5.10 Å². The van der Waals surface area contributed by atoms with E-state index in [1.165, 1.54) is 0 Å². The molecule has 23 heavy (non-hydrogen) atoms. The summed E-state index contributed by atoms with van der Waals surface area (Å²) in [5.41, 5.74) is 1.45. The van der Waals surface area contributed by atoms with Crippen LogP contribution < -0.4 is 10.1 Å². The molecule has 6 nitrogen and oxygen atoms in total. The molecule has 0 radical (unpaired) electrons. The smallest absolute Gasteiger partial charge is 0.271 e. The lowest BCUT2D eigenvalue weighted by molar-refractivity contribution is 0.0852. The summed E-state index contributed by atoms with van der Waals surface area (Å²) in [6.07, 6.45) is 3.93. The van der Waals surface area contributed by atoms with Crippen LogP contribution in [0.4, 0.5) is 0 Å². The normalized spacial score (nSPS) is 17.2. The highest BCUT2D eigenvalue weighted by Gasteiger charge is 2.17. The first-order chi connectivity index (χ1) is 11.2. The number of benzene rings is 1. The third-order valence-corrected chi connectivity index (χ3v) is 3.83. The minimum Gasteiger partial charge on any atom is -0.471 e. The predicted octanol–water partition coefficient (Wildman–Crippen LogP) is 2.14. The van der Waals surface area contributed by atoms with Crippen LogP contribution in [0.2, 0.25) is 0 Å².